The average molecular weight is 390 g/mol. The van der Waals surface area contributed by atoms with E-state index in [0.29, 0.717) is 10.5 Å². The Hall–Kier alpha value is -2.52. The Bertz CT molecular complexity index is 1040. The summed E-state index contributed by atoms with van der Waals surface area (Å²) in [4.78, 5) is 25.8. The molecule has 27 heavy (non-hydrogen) atoms. The molecule has 8 nitrogen and oxygen atoms in total. The van der Waals surface area contributed by atoms with Gasteiger partial charge in [-0.25, -0.2) is 13.1 Å². The molecule has 144 valence electrons. The summed E-state index contributed by atoms with van der Waals surface area (Å²) in [5, 5.41) is 3.96. The molecule has 2 heterocycles. The number of nitrogens with zero attached hydrogens (tertiary/aromatic N) is 4. The van der Waals surface area contributed by atoms with E-state index in [-0.39, 0.29) is 43.3 Å². The van der Waals surface area contributed by atoms with Crippen molar-refractivity contribution >= 4 is 15.9 Å². The summed E-state index contributed by atoms with van der Waals surface area (Å²) in [6.07, 6.45) is 0. The Kier molecular flexibility index (Phi) is 5.16. The number of rotatable bonds is 3. The van der Waals surface area contributed by atoms with Gasteiger partial charge in [-0.3, -0.25) is 9.59 Å². The van der Waals surface area contributed by atoms with Crippen molar-refractivity contribution in [3.05, 3.63) is 57.5 Å². The third-order valence-electron chi connectivity index (χ3n) is 4.65. The molecule has 1 saturated heterocycles. The molecule has 0 atom stereocenters. The van der Waals surface area contributed by atoms with Gasteiger partial charge in [-0.1, -0.05) is 17.7 Å². The predicted octanol–water partition coefficient (Wildman–Crippen LogP) is 0.544. The van der Waals surface area contributed by atoms with Crippen molar-refractivity contribution in [3.63, 3.8) is 0 Å². The highest BCUT2D eigenvalue weighted by atomic mass is 32.2. The van der Waals surface area contributed by atoms with E-state index in [1.807, 2.05) is 13.0 Å². The van der Waals surface area contributed by atoms with Crippen LogP contribution in [-0.4, -0.2) is 59.5 Å². The molecule has 0 saturated carbocycles. The van der Waals surface area contributed by atoms with Gasteiger partial charge in [0.05, 0.1) is 4.90 Å². The van der Waals surface area contributed by atoms with Crippen LogP contribution in [0.4, 0.5) is 0 Å². The second-order valence-electron chi connectivity index (χ2n) is 6.65. The van der Waals surface area contributed by atoms with Crippen molar-refractivity contribution in [1.82, 2.24) is 19.0 Å². The molecule has 0 N–H and O–H groups in total. The number of carbonyl (C=O) groups is 1. The number of hydrogen-bond acceptors (Lipinski definition) is 5. The average Bonchev–Trinajstić information content (AvgIpc) is 2.63. The number of carbonyl (C=O) groups excluding carboxylic acids is 1. The van der Waals surface area contributed by atoms with Crippen molar-refractivity contribution in [1.29, 1.82) is 0 Å². The van der Waals surface area contributed by atoms with Crippen molar-refractivity contribution in [3.8, 4) is 0 Å². The van der Waals surface area contributed by atoms with E-state index in [1.165, 1.54) is 23.5 Å². The predicted molar refractivity (Wildman–Crippen MR) is 100 cm³/mol. The van der Waals surface area contributed by atoms with E-state index < -0.39 is 10.0 Å². The van der Waals surface area contributed by atoms with Crippen molar-refractivity contribution in [2.45, 2.75) is 18.7 Å². The fourth-order valence-electron chi connectivity index (χ4n) is 3.14. The minimum absolute atomic E-state index is 0.169. The first-order valence-electron chi connectivity index (χ1n) is 8.61. The first kappa shape index (κ1) is 19.2. The van der Waals surface area contributed by atoms with Gasteiger partial charge in [0.2, 0.25) is 10.0 Å². The SMILES string of the molecule is Cc1ccc(S(=O)(=O)N2CCN(C(=O)c3ccc(=O)n(C)n3)CC2)c(C)c1. The smallest absolute Gasteiger partial charge is 0.274 e. The highest BCUT2D eigenvalue weighted by Crippen LogP contribution is 2.22. The Labute approximate surface area is 158 Å². The number of hydrogen-bond donors (Lipinski definition) is 0. The maximum Gasteiger partial charge on any atom is 0.274 e. The van der Waals surface area contributed by atoms with E-state index in [2.05, 4.69) is 5.10 Å². The van der Waals surface area contributed by atoms with Gasteiger partial charge in [-0.05, 0) is 31.5 Å². The molecule has 1 amide bonds. The van der Waals surface area contributed by atoms with E-state index in [1.54, 1.807) is 24.0 Å². The molecule has 1 aromatic heterocycles. The van der Waals surface area contributed by atoms with E-state index in [9.17, 15) is 18.0 Å². The molecule has 1 aromatic carbocycles. The molecular weight excluding hydrogens is 368 g/mol. The maximum absolute atomic E-state index is 12.9. The summed E-state index contributed by atoms with van der Waals surface area (Å²) < 4.78 is 28.4. The second-order valence-corrected chi connectivity index (χ2v) is 8.55. The van der Waals surface area contributed by atoms with Crippen molar-refractivity contribution in [2.75, 3.05) is 26.2 Å². The Morgan fingerprint density at radius 1 is 1.04 bits per heavy atom. The molecule has 0 aliphatic carbocycles. The summed E-state index contributed by atoms with van der Waals surface area (Å²) in [7, 11) is -2.12. The van der Waals surface area contributed by atoms with Crippen LogP contribution in [-0.2, 0) is 17.1 Å². The van der Waals surface area contributed by atoms with E-state index >= 15 is 0 Å². The largest absolute Gasteiger partial charge is 0.335 e. The highest BCUT2D eigenvalue weighted by molar-refractivity contribution is 7.89. The van der Waals surface area contributed by atoms with Crippen LogP contribution in [0, 0.1) is 13.8 Å². The Balaban J connectivity index is 1.73. The van der Waals surface area contributed by atoms with Gasteiger partial charge in [0.15, 0.2) is 0 Å². The van der Waals surface area contributed by atoms with Gasteiger partial charge in [0.1, 0.15) is 5.69 Å². The minimum atomic E-state index is -3.60. The van der Waals surface area contributed by atoms with E-state index in [0.717, 1.165) is 10.2 Å². The van der Waals surface area contributed by atoms with Crippen LogP contribution in [0.25, 0.3) is 0 Å². The van der Waals surface area contributed by atoms with Crippen LogP contribution in [0.15, 0.2) is 40.0 Å². The Morgan fingerprint density at radius 3 is 2.30 bits per heavy atom. The zero-order valence-electron chi connectivity index (χ0n) is 15.5. The lowest BCUT2D eigenvalue weighted by Crippen LogP contribution is -2.50. The van der Waals surface area contributed by atoms with Gasteiger partial charge in [-0.15, -0.1) is 0 Å². The lowest BCUT2D eigenvalue weighted by molar-refractivity contribution is 0.0689. The quantitative estimate of drug-likeness (QED) is 0.763. The first-order chi connectivity index (χ1) is 12.7. The van der Waals surface area contributed by atoms with Crippen LogP contribution in [0.2, 0.25) is 0 Å². The number of piperazine rings is 1. The third kappa shape index (κ3) is 3.79. The summed E-state index contributed by atoms with van der Waals surface area (Å²) >= 11 is 0. The minimum Gasteiger partial charge on any atom is -0.335 e. The highest BCUT2D eigenvalue weighted by Gasteiger charge is 2.31. The molecule has 1 aliphatic heterocycles. The van der Waals surface area contributed by atoms with Gasteiger partial charge in [-0.2, -0.15) is 9.40 Å². The number of benzene rings is 1. The topological polar surface area (TPSA) is 92.6 Å². The fourth-order valence-corrected chi connectivity index (χ4v) is 4.77. The van der Waals surface area contributed by atoms with Crippen molar-refractivity contribution < 1.29 is 13.2 Å². The third-order valence-corrected chi connectivity index (χ3v) is 6.71. The van der Waals surface area contributed by atoms with Crippen LogP contribution >= 0.6 is 0 Å². The Morgan fingerprint density at radius 2 is 1.70 bits per heavy atom. The van der Waals surface area contributed by atoms with Crippen LogP contribution < -0.4 is 5.56 Å². The number of aryl methyl sites for hydroxylation is 3. The van der Waals surface area contributed by atoms with Crippen LogP contribution in [0.1, 0.15) is 21.6 Å². The first-order valence-corrected chi connectivity index (χ1v) is 10.1. The molecule has 0 unspecified atom stereocenters. The van der Waals surface area contributed by atoms with Crippen LogP contribution in [0.5, 0.6) is 0 Å². The molecule has 2 aromatic rings. The molecular formula is C18H22N4O4S. The molecule has 3 rings (SSSR count). The standard InChI is InChI=1S/C18H22N4O4S/c1-13-4-6-16(14(2)12-13)27(25,26)22-10-8-21(9-11-22)18(24)15-5-7-17(23)20(3)19-15/h4-7,12H,8-11H2,1-3H3. The molecule has 0 spiro atoms. The zero-order valence-corrected chi connectivity index (χ0v) is 16.4. The molecule has 0 radical (unpaired) electrons. The van der Waals surface area contributed by atoms with Crippen LogP contribution in [0.3, 0.4) is 0 Å². The number of aromatic nitrogens is 2. The summed E-state index contributed by atoms with van der Waals surface area (Å²) in [6.45, 7) is 4.67. The summed E-state index contributed by atoms with van der Waals surface area (Å²) in [5.74, 6) is -0.311. The summed E-state index contributed by atoms with van der Waals surface area (Å²) in [5.41, 5.74) is 1.59. The zero-order chi connectivity index (χ0) is 19.8. The van der Waals surface area contributed by atoms with Crippen molar-refractivity contribution in [2.24, 2.45) is 7.05 Å². The molecule has 1 aliphatic rings. The lowest BCUT2D eigenvalue weighted by atomic mass is 10.2. The normalized spacial score (nSPS) is 15.7. The molecule has 1 fully saturated rings. The molecule has 9 heteroatoms. The van der Waals surface area contributed by atoms with E-state index in [4.69, 9.17) is 0 Å². The summed E-state index contributed by atoms with van der Waals surface area (Å²) in [6, 6.07) is 7.94. The fraction of sp³-hybridized carbons (Fsp3) is 0.389. The number of sulfonamides is 1. The van der Waals surface area contributed by atoms with Gasteiger partial charge < -0.3 is 4.90 Å². The number of amides is 1. The molecule has 0 bridgehead atoms. The van der Waals surface area contributed by atoms with Gasteiger partial charge >= 0.3 is 0 Å². The second kappa shape index (κ2) is 7.24. The van der Waals surface area contributed by atoms with Gasteiger partial charge in [0.25, 0.3) is 11.5 Å². The van der Waals surface area contributed by atoms with Gasteiger partial charge in [0, 0.05) is 39.3 Å². The monoisotopic (exact) mass is 390 g/mol. The maximum atomic E-state index is 12.9. The lowest BCUT2D eigenvalue weighted by Gasteiger charge is -2.34.